The zero-order valence-corrected chi connectivity index (χ0v) is 13.9. The highest BCUT2D eigenvalue weighted by Crippen LogP contribution is 2.48. The SMILES string of the molecule is CC(=O)N1CCC(SC2=C(C(=O)O)N3C(=O)C(C(C)O)[C@H]3C2)C1. The Kier molecular flexibility index (Phi) is 4.14. The van der Waals surface area contributed by atoms with Crippen molar-refractivity contribution in [2.45, 2.75) is 44.1 Å². The molecule has 0 aliphatic carbocycles. The van der Waals surface area contributed by atoms with Crippen LogP contribution in [-0.4, -0.2) is 68.3 Å². The summed E-state index contributed by atoms with van der Waals surface area (Å²) in [4.78, 5) is 38.9. The minimum Gasteiger partial charge on any atom is -0.477 e. The van der Waals surface area contributed by atoms with E-state index in [2.05, 4.69) is 0 Å². The highest BCUT2D eigenvalue weighted by atomic mass is 32.2. The molecule has 2 fully saturated rings. The molecule has 8 heteroatoms. The van der Waals surface area contributed by atoms with Crippen molar-refractivity contribution in [1.29, 1.82) is 0 Å². The highest BCUT2D eigenvalue weighted by molar-refractivity contribution is 8.03. The van der Waals surface area contributed by atoms with Gasteiger partial charge in [-0.15, -0.1) is 11.8 Å². The lowest BCUT2D eigenvalue weighted by Gasteiger charge is -2.44. The number of hydrogen-bond acceptors (Lipinski definition) is 5. The molecule has 3 aliphatic heterocycles. The van der Waals surface area contributed by atoms with Gasteiger partial charge in [-0.2, -0.15) is 0 Å². The number of β-lactam (4-membered cyclic amide) rings is 1. The summed E-state index contributed by atoms with van der Waals surface area (Å²) in [6.45, 7) is 4.38. The topological polar surface area (TPSA) is 98.2 Å². The van der Waals surface area contributed by atoms with Crippen LogP contribution < -0.4 is 0 Å². The molecule has 3 aliphatic rings. The number of carbonyl (C=O) groups is 3. The second kappa shape index (κ2) is 5.83. The zero-order chi connectivity index (χ0) is 16.9. The molecule has 0 aromatic heterocycles. The maximum Gasteiger partial charge on any atom is 0.353 e. The molecule has 23 heavy (non-hydrogen) atoms. The van der Waals surface area contributed by atoms with E-state index < -0.39 is 18.0 Å². The van der Waals surface area contributed by atoms with Gasteiger partial charge in [0, 0.05) is 36.6 Å². The summed E-state index contributed by atoms with van der Waals surface area (Å²) in [5.74, 6) is -1.90. The Labute approximate surface area is 138 Å². The Morgan fingerprint density at radius 3 is 2.61 bits per heavy atom. The highest BCUT2D eigenvalue weighted by Gasteiger charge is 2.57. The summed E-state index contributed by atoms with van der Waals surface area (Å²) < 4.78 is 0. The lowest BCUT2D eigenvalue weighted by molar-refractivity contribution is -0.161. The van der Waals surface area contributed by atoms with Crippen molar-refractivity contribution >= 4 is 29.5 Å². The third-order valence-electron chi connectivity index (χ3n) is 4.79. The van der Waals surface area contributed by atoms with E-state index in [1.165, 1.54) is 23.6 Å². The van der Waals surface area contributed by atoms with E-state index in [1.807, 2.05) is 0 Å². The fourth-order valence-corrected chi connectivity index (χ4v) is 5.09. The van der Waals surface area contributed by atoms with Crippen LogP contribution in [0.2, 0.25) is 0 Å². The maximum atomic E-state index is 12.1. The summed E-state index contributed by atoms with van der Waals surface area (Å²) >= 11 is 1.47. The molecule has 126 valence electrons. The molecule has 2 N–H and O–H groups in total. The number of carboxylic acids is 1. The molecule has 7 nitrogen and oxygen atoms in total. The summed E-state index contributed by atoms with van der Waals surface area (Å²) in [5.41, 5.74) is 0.0585. The van der Waals surface area contributed by atoms with E-state index in [-0.39, 0.29) is 28.8 Å². The van der Waals surface area contributed by atoms with Crippen LogP contribution in [0.3, 0.4) is 0 Å². The normalized spacial score (nSPS) is 31.3. The number of thioether (sulfide) groups is 1. The van der Waals surface area contributed by atoms with E-state index in [1.54, 1.807) is 11.8 Å². The first kappa shape index (κ1) is 16.3. The summed E-state index contributed by atoms with van der Waals surface area (Å²) in [7, 11) is 0. The molecule has 0 saturated carbocycles. The van der Waals surface area contributed by atoms with E-state index in [9.17, 15) is 24.6 Å². The number of likely N-dealkylation sites (tertiary alicyclic amines) is 1. The summed E-state index contributed by atoms with van der Waals surface area (Å²) in [5, 5.41) is 19.3. The fraction of sp³-hybridized carbons (Fsp3) is 0.667. The molecule has 3 rings (SSSR count). The minimum absolute atomic E-state index is 0.0279. The largest absolute Gasteiger partial charge is 0.477 e. The number of aliphatic hydroxyl groups is 1. The molecule has 0 aromatic carbocycles. The number of aliphatic carboxylic acids is 1. The molecule has 0 bridgehead atoms. The first-order valence-corrected chi connectivity index (χ1v) is 8.59. The molecule has 0 aromatic rings. The van der Waals surface area contributed by atoms with Gasteiger partial charge in [0.2, 0.25) is 11.8 Å². The lowest BCUT2D eigenvalue weighted by atomic mass is 9.83. The van der Waals surface area contributed by atoms with Gasteiger partial charge in [-0.3, -0.25) is 9.59 Å². The van der Waals surface area contributed by atoms with Crippen LogP contribution in [0.4, 0.5) is 0 Å². The van der Waals surface area contributed by atoms with Gasteiger partial charge in [-0.1, -0.05) is 0 Å². The number of rotatable bonds is 4. The van der Waals surface area contributed by atoms with Gasteiger partial charge < -0.3 is 20.0 Å². The van der Waals surface area contributed by atoms with Crippen molar-refractivity contribution < 1.29 is 24.6 Å². The van der Waals surface area contributed by atoms with Crippen LogP contribution in [0.25, 0.3) is 0 Å². The van der Waals surface area contributed by atoms with Gasteiger partial charge in [-0.25, -0.2) is 4.79 Å². The number of amides is 2. The summed E-state index contributed by atoms with van der Waals surface area (Å²) in [6.07, 6.45) is 0.520. The quantitative estimate of drug-likeness (QED) is 0.712. The Morgan fingerprint density at radius 2 is 2.09 bits per heavy atom. The van der Waals surface area contributed by atoms with Crippen LogP contribution in [0.1, 0.15) is 26.7 Å². The Balaban J connectivity index is 1.75. The number of hydrogen-bond donors (Lipinski definition) is 2. The number of carbonyl (C=O) groups excluding carboxylic acids is 2. The number of aliphatic hydroxyl groups excluding tert-OH is 1. The van der Waals surface area contributed by atoms with Crippen LogP contribution >= 0.6 is 11.8 Å². The van der Waals surface area contributed by atoms with Gasteiger partial charge in [0.05, 0.1) is 18.1 Å². The molecular formula is C15H20N2O5S. The molecule has 3 unspecified atom stereocenters. The van der Waals surface area contributed by atoms with Gasteiger partial charge >= 0.3 is 5.97 Å². The molecule has 2 amide bonds. The Bertz CT molecular complexity index is 603. The molecule has 4 atom stereocenters. The van der Waals surface area contributed by atoms with E-state index >= 15 is 0 Å². The van der Waals surface area contributed by atoms with Crippen molar-refractivity contribution in [2.75, 3.05) is 13.1 Å². The van der Waals surface area contributed by atoms with Gasteiger partial charge in [0.1, 0.15) is 5.70 Å². The molecule has 0 radical (unpaired) electrons. The summed E-state index contributed by atoms with van der Waals surface area (Å²) in [6, 6.07) is -0.249. The van der Waals surface area contributed by atoms with Gasteiger partial charge in [0.15, 0.2) is 0 Å². The maximum absolute atomic E-state index is 12.1. The third-order valence-corrected chi connectivity index (χ3v) is 6.15. The molecule has 0 spiro atoms. The standard InChI is InChI=1S/C15H20N2O5S/c1-7(18)12-10-5-11(13(15(21)22)17(10)14(12)20)23-9-3-4-16(6-9)8(2)19/h7,9-10,12,18H,3-6H2,1-2H3,(H,21,22)/t7?,9?,10-,12?/m1/s1. The van der Waals surface area contributed by atoms with Crippen molar-refractivity contribution in [3.63, 3.8) is 0 Å². The van der Waals surface area contributed by atoms with Crippen molar-refractivity contribution in [2.24, 2.45) is 5.92 Å². The van der Waals surface area contributed by atoms with Crippen LogP contribution in [-0.2, 0) is 14.4 Å². The lowest BCUT2D eigenvalue weighted by Crippen LogP contribution is -2.61. The smallest absolute Gasteiger partial charge is 0.353 e. The first-order chi connectivity index (χ1) is 10.8. The monoisotopic (exact) mass is 340 g/mol. The van der Waals surface area contributed by atoms with Crippen LogP contribution in [0.15, 0.2) is 10.6 Å². The fourth-order valence-electron chi connectivity index (χ4n) is 3.65. The number of fused-ring (bicyclic) bond motifs is 1. The van der Waals surface area contributed by atoms with Gasteiger partial charge in [0.25, 0.3) is 0 Å². The molecule has 2 saturated heterocycles. The van der Waals surface area contributed by atoms with E-state index in [4.69, 9.17) is 0 Å². The second-order valence-corrected chi connectivity index (χ2v) is 7.71. The van der Waals surface area contributed by atoms with Gasteiger partial charge in [-0.05, 0) is 13.3 Å². The average Bonchev–Trinajstić information content (AvgIpc) is 3.02. The minimum atomic E-state index is -1.10. The Hall–Kier alpha value is -1.54. The average molecular weight is 340 g/mol. The van der Waals surface area contributed by atoms with Crippen molar-refractivity contribution in [1.82, 2.24) is 9.80 Å². The predicted molar refractivity (Wildman–Crippen MR) is 83.3 cm³/mol. The third kappa shape index (κ3) is 2.63. The Morgan fingerprint density at radius 1 is 1.39 bits per heavy atom. The van der Waals surface area contributed by atoms with Crippen LogP contribution in [0, 0.1) is 5.92 Å². The number of nitrogens with zero attached hydrogens (tertiary/aromatic N) is 2. The van der Waals surface area contributed by atoms with E-state index in [0.717, 1.165) is 6.42 Å². The van der Waals surface area contributed by atoms with Crippen LogP contribution in [0.5, 0.6) is 0 Å². The second-order valence-electron chi connectivity index (χ2n) is 6.32. The molecule has 3 heterocycles. The zero-order valence-electron chi connectivity index (χ0n) is 13.1. The van der Waals surface area contributed by atoms with Crippen molar-refractivity contribution in [3.8, 4) is 0 Å². The van der Waals surface area contributed by atoms with E-state index in [0.29, 0.717) is 24.4 Å². The molecular weight excluding hydrogens is 320 g/mol. The predicted octanol–water partition coefficient (Wildman–Crippen LogP) is 0.248. The first-order valence-electron chi connectivity index (χ1n) is 7.71. The number of carboxylic acid groups (broad SMARTS) is 1. The van der Waals surface area contributed by atoms with Crippen molar-refractivity contribution in [3.05, 3.63) is 10.6 Å².